The summed E-state index contributed by atoms with van der Waals surface area (Å²) in [6, 6.07) is 2.39. The maximum atomic E-state index is 11.8. The van der Waals surface area contributed by atoms with Gasteiger partial charge in [0.1, 0.15) is 0 Å². The van der Waals surface area contributed by atoms with E-state index in [2.05, 4.69) is 30.6 Å². The molecule has 0 radical (unpaired) electrons. The number of hydrogen-bond donors (Lipinski definition) is 1. The summed E-state index contributed by atoms with van der Waals surface area (Å²) in [6.07, 6.45) is 0.921. The van der Waals surface area contributed by atoms with E-state index in [4.69, 9.17) is 0 Å². The van der Waals surface area contributed by atoms with E-state index in [-0.39, 0.29) is 18.0 Å². The largest absolute Gasteiger partial charge is 0.344 e. The average Bonchev–Trinajstić information content (AvgIpc) is 2.79. The molecule has 1 amide bonds. The van der Waals surface area contributed by atoms with Crippen LogP contribution in [0.15, 0.2) is 11.4 Å². The highest BCUT2D eigenvalue weighted by Crippen LogP contribution is 2.25. The summed E-state index contributed by atoms with van der Waals surface area (Å²) in [5, 5.41) is 5.52. The summed E-state index contributed by atoms with van der Waals surface area (Å²) in [5.74, 6) is 0.223. The Morgan fingerprint density at radius 3 is 2.88 bits per heavy atom. The van der Waals surface area contributed by atoms with Crippen LogP contribution in [-0.2, 0) is 4.79 Å². The molecular weight excluding hydrogens is 220 g/mol. The van der Waals surface area contributed by atoms with Crippen molar-refractivity contribution in [1.29, 1.82) is 0 Å². The summed E-state index contributed by atoms with van der Waals surface area (Å²) in [4.78, 5) is 14.9. The highest BCUT2D eigenvalue weighted by Gasteiger charge is 2.30. The van der Waals surface area contributed by atoms with E-state index < -0.39 is 0 Å². The van der Waals surface area contributed by atoms with Crippen LogP contribution in [0.1, 0.15) is 29.8 Å². The Morgan fingerprint density at radius 1 is 1.62 bits per heavy atom. The lowest BCUT2D eigenvalue weighted by atomic mass is 10.1. The molecule has 3 nitrogen and oxygen atoms in total. The van der Waals surface area contributed by atoms with E-state index in [0.29, 0.717) is 0 Å². The van der Waals surface area contributed by atoms with Gasteiger partial charge in [-0.05, 0) is 37.3 Å². The van der Waals surface area contributed by atoms with Crippen molar-refractivity contribution < 1.29 is 4.79 Å². The van der Waals surface area contributed by atoms with Crippen LogP contribution in [0.5, 0.6) is 0 Å². The normalized spacial score (nSPS) is 22.8. The van der Waals surface area contributed by atoms with Crippen molar-refractivity contribution in [3.05, 3.63) is 21.9 Å². The lowest BCUT2D eigenvalue weighted by Crippen LogP contribution is -2.38. The fourth-order valence-electron chi connectivity index (χ4n) is 2.18. The second kappa shape index (κ2) is 4.55. The molecule has 2 atom stereocenters. The molecule has 0 aliphatic carbocycles. The number of likely N-dealkylation sites (tertiary alicyclic amines) is 1. The van der Waals surface area contributed by atoms with Gasteiger partial charge >= 0.3 is 0 Å². The van der Waals surface area contributed by atoms with Gasteiger partial charge in [-0.1, -0.05) is 0 Å². The van der Waals surface area contributed by atoms with Gasteiger partial charge in [0.15, 0.2) is 0 Å². The molecule has 0 spiro atoms. The Labute approximate surface area is 100 Å². The van der Waals surface area contributed by atoms with Gasteiger partial charge < -0.3 is 4.90 Å². The molecule has 1 aliphatic rings. The van der Waals surface area contributed by atoms with Gasteiger partial charge in [-0.3, -0.25) is 10.1 Å². The molecule has 0 aromatic carbocycles. The molecule has 1 aliphatic heterocycles. The van der Waals surface area contributed by atoms with Crippen molar-refractivity contribution >= 4 is 17.2 Å². The molecule has 1 aromatic heterocycles. The monoisotopic (exact) mass is 238 g/mol. The molecule has 2 unspecified atom stereocenters. The topological polar surface area (TPSA) is 32.3 Å². The molecule has 1 saturated heterocycles. The predicted molar refractivity (Wildman–Crippen MR) is 66.6 cm³/mol. The number of rotatable bonds is 3. The van der Waals surface area contributed by atoms with E-state index in [1.807, 2.05) is 7.05 Å². The molecule has 1 fully saturated rings. The van der Waals surface area contributed by atoms with E-state index in [1.54, 1.807) is 16.2 Å². The molecule has 0 saturated carbocycles. The molecule has 2 rings (SSSR count). The van der Waals surface area contributed by atoms with Crippen molar-refractivity contribution in [1.82, 2.24) is 10.2 Å². The van der Waals surface area contributed by atoms with Crippen molar-refractivity contribution in [3.63, 3.8) is 0 Å². The standard InChI is InChI=1S/C12H18N2OS/c1-8-5-7-16-11(8)9(2)13-10-4-6-14(3)12(10)15/h5,7,9-10,13H,4,6H2,1-3H3. The third-order valence-electron chi connectivity index (χ3n) is 3.17. The van der Waals surface area contributed by atoms with E-state index in [9.17, 15) is 4.79 Å². The van der Waals surface area contributed by atoms with Gasteiger partial charge in [-0.25, -0.2) is 0 Å². The molecule has 2 heterocycles. The third kappa shape index (κ3) is 2.13. The maximum absolute atomic E-state index is 11.8. The number of likely N-dealkylation sites (N-methyl/N-ethyl adjacent to an activating group) is 1. The minimum Gasteiger partial charge on any atom is -0.344 e. The highest BCUT2D eigenvalue weighted by molar-refractivity contribution is 7.10. The number of hydrogen-bond acceptors (Lipinski definition) is 3. The van der Waals surface area contributed by atoms with Crippen LogP contribution in [0.25, 0.3) is 0 Å². The number of nitrogens with one attached hydrogen (secondary N) is 1. The van der Waals surface area contributed by atoms with Crippen LogP contribution in [-0.4, -0.2) is 30.4 Å². The van der Waals surface area contributed by atoms with Crippen molar-refractivity contribution in [3.8, 4) is 0 Å². The van der Waals surface area contributed by atoms with Crippen LogP contribution < -0.4 is 5.32 Å². The third-order valence-corrected chi connectivity index (χ3v) is 4.38. The zero-order valence-corrected chi connectivity index (χ0v) is 10.8. The molecule has 4 heteroatoms. The zero-order valence-electron chi connectivity index (χ0n) is 9.99. The van der Waals surface area contributed by atoms with Gasteiger partial charge in [-0.2, -0.15) is 0 Å². The van der Waals surface area contributed by atoms with Gasteiger partial charge in [0.25, 0.3) is 0 Å². The summed E-state index contributed by atoms with van der Waals surface area (Å²) in [5.41, 5.74) is 1.31. The van der Waals surface area contributed by atoms with Crippen LogP contribution in [0.2, 0.25) is 0 Å². The second-order valence-corrected chi connectivity index (χ2v) is 5.40. The highest BCUT2D eigenvalue weighted by atomic mass is 32.1. The summed E-state index contributed by atoms with van der Waals surface area (Å²) in [6.45, 7) is 5.11. The van der Waals surface area contributed by atoms with Crippen LogP contribution in [0.3, 0.4) is 0 Å². The number of carbonyl (C=O) groups excluding carboxylic acids is 1. The fourth-order valence-corrected chi connectivity index (χ4v) is 3.13. The Bertz CT molecular complexity index is 388. The van der Waals surface area contributed by atoms with Crippen molar-refractivity contribution in [2.75, 3.05) is 13.6 Å². The smallest absolute Gasteiger partial charge is 0.239 e. The average molecular weight is 238 g/mol. The Kier molecular flexibility index (Phi) is 3.30. The molecule has 88 valence electrons. The second-order valence-electron chi connectivity index (χ2n) is 4.46. The fraction of sp³-hybridized carbons (Fsp3) is 0.583. The number of amides is 1. The van der Waals surface area contributed by atoms with Crippen molar-refractivity contribution in [2.24, 2.45) is 0 Å². The molecule has 1 aromatic rings. The summed E-state index contributed by atoms with van der Waals surface area (Å²) < 4.78 is 0. The Hall–Kier alpha value is -0.870. The lowest BCUT2D eigenvalue weighted by Gasteiger charge is -2.18. The van der Waals surface area contributed by atoms with Crippen LogP contribution >= 0.6 is 11.3 Å². The Balaban J connectivity index is 2.01. The first kappa shape index (κ1) is 11.6. The quantitative estimate of drug-likeness (QED) is 0.873. The van der Waals surface area contributed by atoms with Crippen molar-refractivity contribution in [2.45, 2.75) is 32.4 Å². The minimum atomic E-state index is 0.00139. The minimum absolute atomic E-state index is 0.00139. The zero-order chi connectivity index (χ0) is 11.7. The molecule has 0 bridgehead atoms. The lowest BCUT2D eigenvalue weighted by molar-refractivity contribution is -0.128. The molecule has 16 heavy (non-hydrogen) atoms. The summed E-state index contributed by atoms with van der Waals surface area (Å²) >= 11 is 1.76. The Morgan fingerprint density at radius 2 is 2.38 bits per heavy atom. The first-order chi connectivity index (χ1) is 7.59. The SMILES string of the molecule is Cc1ccsc1C(C)NC1CCN(C)C1=O. The van der Waals surface area contributed by atoms with Crippen LogP contribution in [0.4, 0.5) is 0 Å². The number of carbonyl (C=O) groups is 1. The van der Waals surface area contributed by atoms with Crippen LogP contribution in [0, 0.1) is 6.92 Å². The van der Waals surface area contributed by atoms with Gasteiger partial charge in [0, 0.05) is 24.5 Å². The number of aryl methyl sites for hydroxylation is 1. The first-order valence-corrected chi connectivity index (χ1v) is 6.52. The van der Waals surface area contributed by atoms with Gasteiger partial charge in [0.05, 0.1) is 6.04 Å². The molecule has 1 N–H and O–H groups in total. The number of nitrogens with zero attached hydrogens (tertiary/aromatic N) is 1. The predicted octanol–water partition coefficient (Wildman–Crippen LogP) is 1.94. The first-order valence-electron chi connectivity index (χ1n) is 5.64. The maximum Gasteiger partial charge on any atom is 0.239 e. The van der Waals surface area contributed by atoms with Gasteiger partial charge in [-0.15, -0.1) is 11.3 Å². The van der Waals surface area contributed by atoms with E-state index in [1.165, 1.54) is 10.4 Å². The molecular formula is C12H18N2OS. The van der Waals surface area contributed by atoms with Gasteiger partial charge in [0.2, 0.25) is 5.91 Å². The van der Waals surface area contributed by atoms with E-state index in [0.717, 1.165) is 13.0 Å². The number of thiophene rings is 1. The van der Waals surface area contributed by atoms with E-state index >= 15 is 0 Å². The summed E-state index contributed by atoms with van der Waals surface area (Å²) in [7, 11) is 1.87.